The fourth-order valence-corrected chi connectivity index (χ4v) is 1.70. The van der Waals surface area contributed by atoms with Crippen LogP contribution in [0.25, 0.3) is 0 Å². The highest BCUT2D eigenvalue weighted by Gasteiger charge is 2.26. The van der Waals surface area contributed by atoms with Gasteiger partial charge in [0.05, 0.1) is 11.7 Å². The van der Waals surface area contributed by atoms with Crippen LogP contribution in [0.4, 0.5) is 0 Å². The Kier molecular flexibility index (Phi) is 6.09. The minimum atomic E-state index is -0.493. The van der Waals surface area contributed by atoms with E-state index in [0.717, 1.165) is 12.2 Å². The normalized spacial score (nSPS) is 12.1. The van der Waals surface area contributed by atoms with Crippen molar-refractivity contribution in [2.75, 3.05) is 27.2 Å². The molecule has 0 aromatic carbocycles. The van der Waals surface area contributed by atoms with Gasteiger partial charge in [0.1, 0.15) is 5.76 Å². The van der Waals surface area contributed by atoms with E-state index in [1.165, 1.54) is 0 Å². The third-order valence-electron chi connectivity index (χ3n) is 3.01. The highest BCUT2D eigenvalue weighted by atomic mass is 16.3. The number of hydrogen-bond donors (Lipinski definition) is 3. The summed E-state index contributed by atoms with van der Waals surface area (Å²) in [7, 11) is 3.34. The molecule has 0 aliphatic rings. The maximum atomic E-state index is 11.7. The van der Waals surface area contributed by atoms with E-state index in [9.17, 15) is 4.79 Å². The first-order valence-corrected chi connectivity index (χ1v) is 6.68. The van der Waals surface area contributed by atoms with Crippen molar-refractivity contribution in [2.24, 2.45) is 10.4 Å². The second-order valence-electron chi connectivity index (χ2n) is 5.14. The number of furan rings is 1. The van der Waals surface area contributed by atoms with Crippen molar-refractivity contribution in [3.8, 4) is 0 Å². The summed E-state index contributed by atoms with van der Waals surface area (Å²) in [5.41, 5.74) is -0.493. The summed E-state index contributed by atoms with van der Waals surface area (Å²) in [5.74, 6) is 1.60. The molecule has 0 unspecified atom stereocenters. The van der Waals surface area contributed by atoms with E-state index < -0.39 is 5.41 Å². The Hall–Kier alpha value is -1.98. The second kappa shape index (κ2) is 7.57. The third kappa shape index (κ3) is 4.95. The molecule has 0 saturated heterocycles. The number of rotatable bonds is 6. The summed E-state index contributed by atoms with van der Waals surface area (Å²) in [6, 6.07) is 3.81. The van der Waals surface area contributed by atoms with Gasteiger partial charge < -0.3 is 20.4 Å². The molecule has 0 fully saturated rings. The van der Waals surface area contributed by atoms with Gasteiger partial charge in [-0.05, 0) is 26.0 Å². The van der Waals surface area contributed by atoms with Crippen LogP contribution in [0.15, 0.2) is 27.8 Å². The molecule has 0 aliphatic carbocycles. The number of amides is 1. The maximum absolute atomic E-state index is 11.7. The zero-order valence-electron chi connectivity index (χ0n) is 12.6. The molecule has 1 rings (SSSR count). The van der Waals surface area contributed by atoms with Gasteiger partial charge in [-0.25, -0.2) is 0 Å². The van der Waals surface area contributed by atoms with Crippen LogP contribution in [-0.2, 0) is 11.2 Å². The van der Waals surface area contributed by atoms with Crippen LogP contribution in [0, 0.1) is 5.41 Å². The lowest BCUT2D eigenvalue weighted by molar-refractivity contribution is -0.128. The Bertz CT molecular complexity index is 438. The zero-order chi connectivity index (χ0) is 15.0. The van der Waals surface area contributed by atoms with Crippen LogP contribution < -0.4 is 16.0 Å². The van der Waals surface area contributed by atoms with Gasteiger partial charge in [0, 0.05) is 33.6 Å². The molecule has 0 atom stereocenters. The maximum Gasteiger partial charge on any atom is 0.227 e. The van der Waals surface area contributed by atoms with Crippen LogP contribution in [0.2, 0.25) is 0 Å². The van der Waals surface area contributed by atoms with Crippen LogP contribution in [0.5, 0.6) is 0 Å². The van der Waals surface area contributed by atoms with Crippen LogP contribution >= 0.6 is 0 Å². The molecule has 3 N–H and O–H groups in total. The molecule has 6 nitrogen and oxygen atoms in total. The predicted molar refractivity (Wildman–Crippen MR) is 79.6 cm³/mol. The molecule has 20 heavy (non-hydrogen) atoms. The molecule has 0 radical (unpaired) electrons. The molecule has 1 heterocycles. The average Bonchev–Trinajstić information content (AvgIpc) is 2.94. The highest BCUT2D eigenvalue weighted by molar-refractivity contribution is 5.84. The number of carbonyl (C=O) groups excluding carboxylic acids is 1. The molecule has 1 aromatic rings. The lowest BCUT2D eigenvalue weighted by Gasteiger charge is -2.24. The summed E-state index contributed by atoms with van der Waals surface area (Å²) < 4.78 is 5.26. The van der Waals surface area contributed by atoms with E-state index in [1.807, 2.05) is 26.0 Å². The van der Waals surface area contributed by atoms with E-state index >= 15 is 0 Å². The van der Waals surface area contributed by atoms with E-state index in [1.54, 1.807) is 20.4 Å². The largest absolute Gasteiger partial charge is 0.469 e. The molecule has 0 bridgehead atoms. The quantitative estimate of drug-likeness (QED) is 0.531. The molecule has 0 spiro atoms. The minimum absolute atomic E-state index is 0.00367. The van der Waals surface area contributed by atoms with Crippen molar-refractivity contribution < 1.29 is 9.21 Å². The Labute approximate surface area is 120 Å². The van der Waals surface area contributed by atoms with E-state index in [-0.39, 0.29) is 5.91 Å². The van der Waals surface area contributed by atoms with Gasteiger partial charge >= 0.3 is 0 Å². The number of guanidine groups is 1. The van der Waals surface area contributed by atoms with Crippen molar-refractivity contribution in [1.82, 2.24) is 16.0 Å². The first-order valence-electron chi connectivity index (χ1n) is 6.68. The molecule has 0 aliphatic heterocycles. The molecule has 0 saturated carbocycles. The van der Waals surface area contributed by atoms with Gasteiger partial charge in [0.2, 0.25) is 5.91 Å². The van der Waals surface area contributed by atoms with Gasteiger partial charge in [-0.15, -0.1) is 0 Å². The fourth-order valence-electron chi connectivity index (χ4n) is 1.70. The third-order valence-corrected chi connectivity index (χ3v) is 3.01. The Morgan fingerprint density at radius 3 is 2.70 bits per heavy atom. The van der Waals surface area contributed by atoms with Crippen molar-refractivity contribution in [1.29, 1.82) is 0 Å². The SMILES string of the molecule is CN=C(NCCc1ccco1)NCC(C)(C)C(=O)NC. The number of hydrogen-bond acceptors (Lipinski definition) is 3. The summed E-state index contributed by atoms with van der Waals surface area (Å²) in [6.45, 7) is 4.99. The predicted octanol–water partition coefficient (Wildman–Crippen LogP) is 0.759. The first-order chi connectivity index (χ1) is 9.49. The smallest absolute Gasteiger partial charge is 0.227 e. The summed E-state index contributed by atoms with van der Waals surface area (Å²) in [5, 5.41) is 8.99. The van der Waals surface area contributed by atoms with Crippen molar-refractivity contribution in [2.45, 2.75) is 20.3 Å². The van der Waals surface area contributed by atoms with Crippen molar-refractivity contribution >= 4 is 11.9 Å². The number of aliphatic imine (C=N–C) groups is 1. The van der Waals surface area contributed by atoms with Gasteiger partial charge in [0.25, 0.3) is 0 Å². The molecular weight excluding hydrogens is 256 g/mol. The Morgan fingerprint density at radius 2 is 2.15 bits per heavy atom. The zero-order valence-corrected chi connectivity index (χ0v) is 12.6. The lowest BCUT2D eigenvalue weighted by atomic mass is 9.92. The molecule has 1 amide bonds. The first kappa shape index (κ1) is 16.1. The van der Waals surface area contributed by atoms with Crippen molar-refractivity contribution in [3.63, 3.8) is 0 Å². The summed E-state index contributed by atoms with van der Waals surface area (Å²) in [4.78, 5) is 15.8. The number of nitrogens with one attached hydrogen (secondary N) is 3. The summed E-state index contributed by atoms with van der Waals surface area (Å²) in [6.07, 6.45) is 2.45. The van der Waals surface area contributed by atoms with Crippen LogP contribution in [-0.4, -0.2) is 39.1 Å². The summed E-state index contributed by atoms with van der Waals surface area (Å²) >= 11 is 0. The van der Waals surface area contributed by atoms with Gasteiger partial charge in [0.15, 0.2) is 5.96 Å². The van der Waals surface area contributed by atoms with Gasteiger partial charge in [-0.2, -0.15) is 0 Å². The fraction of sp³-hybridized carbons (Fsp3) is 0.571. The Morgan fingerprint density at radius 1 is 1.40 bits per heavy atom. The molecule has 112 valence electrons. The topological polar surface area (TPSA) is 78.7 Å². The standard InChI is InChI=1S/C14H24N4O2/c1-14(2,12(19)15-3)10-18-13(16-4)17-8-7-11-6-5-9-20-11/h5-6,9H,7-8,10H2,1-4H3,(H,15,19)(H2,16,17,18). The molecular formula is C14H24N4O2. The highest BCUT2D eigenvalue weighted by Crippen LogP contribution is 2.12. The van der Waals surface area contributed by atoms with Crippen molar-refractivity contribution in [3.05, 3.63) is 24.2 Å². The van der Waals surface area contributed by atoms with E-state index in [2.05, 4.69) is 20.9 Å². The number of nitrogens with zero attached hydrogens (tertiary/aromatic N) is 1. The molecule has 1 aromatic heterocycles. The lowest BCUT2D eigenvalue weighted by Crippen LogP contribution is -2.47. The Balaban J connectivity index is 2.35. The van der Waals surface area contributed by atoms with Crippen LogP contribution in [0.1, 0.15) is 19.6 Å². The van der Waals surface area contributed by atoms with E-state index in [4.69, 9.17) is 4.42 Å². The van der Waals surface area contributed by atoms with E-state index in [0.29, 0.717) is 19.0 Å². The molecule has 6 heteroatoms. The van der Waals surface area contributed by atoms with Gasteiger partial charge in [-0.3, -0.25) is 9.79 Å². The average molecular weight is 280 g/mol. The monoisotopic (exact) mass is 280 g/mol. The van der Waals surface area contributed by atoms with Crippen LogP contribution in [0.3, 0.4) is 0 Å². The second-order valence-corrected chi connectivity index (χ2v) is 5.14. The minimum Gasteiger partial charge on any atom is -0.469 e. The number of carbonyl (C=O) groups is 1. The van der Waals surface area contributed by atoms with Gasteiger partial charge in [-0.1, -0.05) is 0 Å².